The molecule has 0 aliphatic heterocycles. The molecule has 0 bridgehead atoms. The molecule has 0 aliphatic carbocycles. The van der Waals surface area contributed by atoms with Crippen LogP contribution in [-0.2, 0) is 4.79 Å². The average molecular weight is 265 g/mol. The summed E-state index contributed by atoms with van der Waals surface area (Å²) in [5.74, 6) is -0.960. The third kappa shape index (κ3) is 4.24. The largest absolute Gasteiger partial charge is 0.478 e. The number of carbonyl (C=O) groups is 2. The van der Waals surface area contributed by atoms with Crippen molar-refractivity contribution in [2.24, 2.45) is 0 Å². The summed E-state index contributed by atoms with van der Waals surface area (Å²) in [5.41, 5.74) is 0.590. The maximum absolute atomic E-state index is 11.8. The fourth-order valence-electron chi connectivity index (χ4n) is 1.76. The zero-order valence-corrected chi connectivity index (χ0v) is 11.2. The van der Waals surface area contributed by atoms with Gasteiger partial charge in [0.1, 0.15) is 0 Å². The predicted molar refractivity (Wildman–Crippen MR) is 72.2 cm³/mol. The molecule has 19 heavy (non-hydrogen) atoms. The highest BCUT2D eigenvalue weighted by molar-refractivity contribution is 5.93. The average Bonchev–Trinajstić information content (AvgIpc) is 2.40. The lowest BCUT2D eigenvalue weighted by molar-refractivity contribution is -0.130. The van der Waals surface area contributed by atoms with Crippen LogP contribution in [0.2, 0.25) is 0 Å². The first kappa shape index (κ1) is 14.9. The molecule has 6 heteroatoms. The second-order valence-corrected chi connectivity index (χ2v) is 3.97. The van der Waals surface area contributed by atoms with E-state index in [1.165, 1.54) is 18.5 Å². The molecule has 1 heterocycles. The molecule has 104 valence electrons. The highest BCUT2D eigenvalue weighted by atomic mass is 16.4. The molecule has 0 saturated heterocycles. The van der Waals surface area contributed by atoms with Crippen molar-refractivity contribution in [2.45, 2.75) is 20.3 Å². The van der Waals surface area contributed by atoms with Gasteiger partial charge in [-0.1, -0.05) is 0 Å². The van der Waals surface area contributed by atoms with Crippen LogP contribution in [0.3, 0.4) is 0 Å². The summed E-state index contributed by atoms with van der Waals surface area (Å²) >= 11 is 0. The molecule has 0 fully saturated rings. The number of anilines is 1. The van der Waals surface area contributed by atoms with Crippen LogP contribution in [0.4, 0.5) is 5.69 Å². The molecule has 1 aromatic heterocycles. The van der Waals surface area contributed by atoms with E-state index < -0.39 is 5.97 Å². The van der Waals surface area contributed by atoms with Gasteiger partial charge in [0.15, 0.2) is 0 Å². The lowest BCUT2D eigenvalue weighted by atomic mass is 10.2. The number of hydrogen-bond acceptors (Lipinski definition) is 4. The number of nitrogens with one attached hydrogen (secondary N) is 1. The summed E-state index contributed by atoms with van der Waals surface area (Å²) in [5, 5.41) is 11.9. The highest BCUT2D eigenvalue weighted by Gasteiger charge is 2.11. The molecule has 0 radical (unpaired) electrons. The number of carboxylic acids is 1. The number of pyridine rings is 1. The molecule has 0 unspecified atom stereocenters. The fourth-order valence-corrected chi connectivity index (χ4v) is 1.76. The van der Waals surface area contributed by atoms with Crippen molar-refractivity contribution >= 4 is 17.6 Å². The molecule has 0 spiro atoms. The van der Waals surface area contributed by atoms with Crippen LogP contribution in [0.15, 0.2) is 18.5 Å². The SMILES string of the molecule is CCN(CC)C(=O)CCNc1cnccc1C(=O)O. The third-order valence-corrected chi connectivity index (χ3v) is 2.82. The Morgan fingerprint density at radius 3 is 2.63 bits per heavy atom. The van der Waals surface area contributed by atoms with Crippen LogP contribution in [0.5, 0.6) is 0 Å². The van der Waals surface area contributed by atoms with Crippen LogP contribution in [0, 0.1) is 0 Å². The third-order valence-electron chi connectivity index (χ3n) is 2.82. The van der Waals surface area contributed by atoms with Crippen molar-refractivity contribution in [1.29, 1.82) is 0 Å². The summed E-state index contributed by atoms with van der Waals surface area (Å²) in [6, 6.07) is 1.43. The Bertz CT molecular complexity index is 445. The molecule has 1 aromatic rings. The Kier molecular flexibility index (Phi) is 5.78. The second-order valence-electron chi connectivity index (χ2n) is 3.97. The lowest BCUT2D eigenvalue weighted by Crippen LogP contribution is -2.31. The number of aromatic nitrogens is 1. The second kappa shape index (κ2) is 7.35. The summed E-state index contributed by atoms with van der Waals surface area (Å²) in [6.45, 7) is 5.61. The van der Waals surface area contributed by atoms with Gasteiger partial charge in [-0.3, -0.25) is 9.78 Å². The smallest absolute Gasteiger partial charge is 0.337 e. The Morgan fingerprint density at radius 2 is 2.05 bits per heavy atom. The minimum absolute atomic E-state index is 0.0539. The van der Waals surface area contributed by atoms with Gasteiger partial charge in [-0.05, 0) is 19.9 Å². The number of aromatic carboxylic acids is 1. The Balaban J connectivity index is 2.54. The zero-order chi connectivity index (χ0) is 14.3. The van der Waals surface area contributed by atoms with Crippen LogP contribution >= 0.6 is 0 Å². The number of amides is 1. The number of carboxylic acid groups (broad SMARTS) is 1. The van der Waals surface area contributed by atoms with Gasteiger partial charge in [0, 0.05) is 32.3 Å². The van der Waals surface area contributed by atoms with Gasteiger partial charge in [-0.2, -0.15) is 0 Å². The zero-order valence-electron chi connectivity index (χ0n) is 11.2. The molecule has 2 N–H and O–H groups in total. The Labute approximate surface area is 112 Å². The maximum atomic E-state index is 11.8. The van der Waals surface area contributed by atoms with Gasteiger partial charge in [0.2, 0.25) is 5.91 Å². The monoisotopic (exact) mass is 265 g/mol. The van der Waals surface area contributed by atoms with E-state index in [4.69, 9.17) is 5.11 Å². The van der Waals surface area contributed by atoms with E-state index in [2.05, 4.69) is 10.3 Å². The predicted octanol–water partition coefficient (Wildman–Crippen LogP) is 1.45. The quantitative estimate of drug-likeness (QED) is 0.779. The van der Waals surface area contributed by atoms with Crippen LogP contribution in [0.25, 0.3) is 0 Å². The van der Waals surface area contributed by atoms with Gasteiger partial charge in [0.25, 0.3) is 0 Å². The number of hydrogen-bond donors (Lipinski definition) is 2. The lowest BCUT2D eigenvalue weighted by Gasteiger charge is -2.18. The van der Waals surface area contributed by atoms with Crippen molar-refractivity contribution in [3.05, 3.63) is 24.0 Å². The van der Waals surface area contributed by atoms with E-state index in [1.807, 2.05) is 13.8 Å². The van der Waals surface area contributed by atoms with Gasteiger partial charge in [-0.15, -0.1) is 0 Å². The number of nitrogens with zero attached hydrogens (tertiary/aromatic N) is 2. The molecular formula is C13H19N3O3. The van der Waals surface area contributed by atoms with E-state index in [9.17, 15) is 9.59 Å². The van der Waals surface area contributed by atoms with E-state index in [0.29, 0.717) is 31.7 Å². The fraction of sp³-hybridized carbons (Fsp3) is 0.462. The first-order valence-corrected chi connectivity index (χ1v) is 6.29. The highest BCUT2D eigenvalue weighted by Crippen LogP contribution is 2.13. The minimum Gasteiger partial charge on any atom is -0.478 e. The van der Waals surface area contributed by atoms with E-state index in [1.54, 1.807) is 4.90 Å². The van der Waals surface area contributed by atoms with Crippen LogP contribution < -0.4 is 5.32 Å². The first-order valence-electron chi connectivity index (χ1n) is 6.29. The van der Waals surface area contributed by atoms with Crippen molar-refractivity contribution in [1.82, 2.24) is 9.88 Å². The molecular weight excluding hydrogens is 246 g/mol. The van der Waals surface area contributed by atoms with E-state index in [-0.39, 0.29) is 11.5 Å². The summed E-state index contributed by atoms with van der Waals surface area (Å²) in [7, 11) is 0. The van der Waals surface area contributed by atoms with Crippen molar-refractivity contribution in [3.8, 4) is 0 Å². The molecule has 0 aliphatic rings. The molecule has 1 amide bonds. The summed E-state index contributed by atoms with van der Waals surface area (Å²) in [6.07, 6.45) is 3.21. The van der Waals surface area contributed by atoms with E-state index in [0.717, 1.165) is 0 Å². The van der Waals surface area contributed by atoms with Crippen molar-refractivity contribution in [3.63, 3.8) is 0 Å². The molecule has 0 saturated carbocycles. The molecule has 0 atom stereocenters. The van der Waals surface area contributed by atoms with Crippen molar-refractivity contribution < 1.29 is 14.7 Å². The minimum atomic E-state index is -1.01. The van der Waals surface area contributed by atoms with E-state index >= 15 is 0 Å². The molecule has 6 nitrogen and oxygen atoms in total. The maximum Gasteiger partial charge on any atom is 0.337 e. The summed E-state index contributed by atoms with van der Waals surface area (Å²) in [4.78, 5) is 28.4. The summed E-state index contributed by atoms with van der Waals surface area (Å²) < 4.78 is 0. The Hall–Kier alpha value is -2.11. The van der Waals surface area contributed by atoms with Crippen molar-refractivity contribution in [2.75, 3.05) is 25.0 Å². The standard InChI is InChI=1S/C13H19N3O3/c1-3-16(4-2)12(17)6-8-15-11-9-14-7-5-10(11)13(18)19/h5,7,9,15H,3-4,6,8H2,1-2H3,(H,18,19). The topological polar surface area (TPSA) is 82.5 Å². The van der Waals surface area contributed by atoms with Gasteiger partial charge in [0.05, 0.1) is 17.4 Å². The molecule has 0 aromatic carbocycles. The van der Waals surface area contributed by atoms with Gasteiger partial charge in [-0.25, -0.2) is 4.79 Å². The molecule has 1 rings (SSSR count). The number of carbonyl (C=O) groups excluding carboxylic acids is 1. The normalized spacial score (nSPS) is 10.0. The van der Waals surface area contributed by atoms with Crippen LogP contribution in [-0.4, -0.2) is 46.5 Å². The van der Waals surface area contributed by atoms with Gasteiger partial charge >= 0.3 is 5.97 Å². The Morgan fingerprint density at radius 1 is 1.37 bits per heavy atom. The first-order chi connectivity index (χ1) is 9.10. The van der Waals surface area contributed by atoms with Crippen LogP contribution in [0.1, 0.15) is 30.6 Å². The van der Waals surface area contributed by atoms with Gasteiger partial charge < -0.3 is 15.3 Å². The number of rotatable bonds is 7.